The van der Waals surface area contributed by atoms with Gasteiger partial charge in [-0.3, -0.25) is 0 Å². The SMILES string of the molecule is CC[NH+](CC)CC[NH2+][C@@H](C)CC(=O)[O-]. The second-order valence-corrected chi connectivity index (χ2v) is 3.78. The van der Waals surface area contributed by atoms with E-state index < -0.39 is 5.97 Å². The smallest absolute Gasteiger partial charge is 0.127 e. The number of carbonyl (C=O) groups excluding carboxylic acids is 1. The van der Waals surface area contributed by atoms with Crippen LogP contribution in [0.3, 0.4) is 0 Å². The number of nitrogens with one attached hydrogen (secondary N) is 1. The van der Waals surface area contributed by atoms with E-state index in [0.29, 0.717) is 0 Å². The number of carboxylic acid groups (broad SMARTS) is 1. The first-order valence-electron chi connectivity index (χ1n) is 5.46. The van der Waals surface area contributed by atoms with Crippen molar-refractivity contribution in [3.05, 3.63) is 0 Å². The molecule has 0 radical (unpaired) electrons. The number of hydrogen-bond donors (Lipinski definition) is 2. The summed E-state index contributed by atoms with van der Waals surface area (Å²) >= 11 is 0. The van der Waals surface area contributed by atoms with Gasteiger partial charge in [-0.25, -0.2) is 0 Å². The number of carboxylic acids is 1. The molecule has 0 unspecified atom stereocenters. The van der Waals surface area contributed by atoms with Crippen LogP contribution in [0.2, 0.25) is 0 Å². The number of hydrogen-bond acceptors (Lipinski definition) is 2. The molecule has 0 aromatic rings. The first-order valence-corrected chi connectivity index (χ1v) is 5.46. The summed E-state index contributed by atoms with van der Waals surface area (Å²) in [5.74, 6) is -0.955. The van der Waals surface area contributed by atoms with Gasteiger partial charge >= 0.3 is 0 Å². The summed E-state index contributed by atoms with van der Waals surface area (Å²) in [6, 6.07) is 0.134. The van der Waals surface area contributed by atoms with E-state index in [1.54, 1.807) is 4.90 Å². The first kappa shape index (κ1) is 13.4. The molecule has 1 atom stereocenters. The molecule has 4 nitrogen and oxygen atoms in total. The fourth-order valence-corrected chi connectivity index (χ4v) is 1.52. The van der Waals surface area contributed by atoms with Gasteiger partial charge in [0.25, 0.3) is 0 Å². The maximum atomic E-state index is 10.3. The molecular formula is C10H23N2O2+. The maximum absolute atomic E-state index is 10.3. The zero-order chi connectivity index (χ0) is 11.0. The standard InChI is InChI=1S/C10H22N2O2/c1-4-12(5-2)7-6-11-9(3)8-10(13)14/h9,11H,4-8H2,1-3H3,(H,13,14)/p+1/t9-/m0/s1. The summed E-state index contributed by atoms with van der Waals surface area (Å²) in [5, 5.41) is 12.4. The second-order valence-electron chi connectivity index (χ2n) is 3.78. The monoisotopic (exact) mass is 203 g/mol. The average Bonchev–Trinajstić information content (AvgIpc) is 2.11. The van der Waals surface area contributed by atoms with Gasteiger partial charge in [-0.1, -0.05) is 0 Å². The predicted octanol–water partition coefficient (Wildman–Crippen LogP) is -3.00. The van der Waals surface area contributed by atoms with Crippen LogP contribution in [0.4, 0.5) is 0 Å². The van der Waals surface area contributed by atoms with Gasteiger partial charge < -0.3 is 20.1 Å². The Morgan fingerprint density at radius 3 is 2.43 bits per heavy atom. The summed E-state index contributed by atoms with van der Waals surface area (Å²) < 4.78 is 0. The largest absolute Gasteiger partial charge is 0.550 e. The Balaban J connectivity index is 3.47. The number of carbonyl (C=O) groups is 1. The Hall–Kier alpha value is -0.610. The third-order valence-electron chi connectivity index (χ3n) is 2.56. The fourth-order valence-electron chi connectivity index (χ4n) is 1.52. The van der Waals surface area contributed by atoms with E-state index in [0.717, 1.165) is 26.2 Å². The lowest BCUT2D eigenvalue weighted by Crippen LogP contribution is -3.14. The van der Waals surface area contributed by atoms with E-state index in [2.05, 4.69) is 19.2 Å². The van der Waals surface area contributed by atoms with E-state index in [1.165, 1.54) is 0 Å². The van der Waals surface area contributed by atoms with Gasteiger partial charge in [0, 0.05) is 12.4 Å². The number of nitrogens with two attached hydrogens (primary N) is 1. The summed E-state index contributed by atoms with van der Waals surface area (Å²) in [5.41, 5.74) is 0. The van der Waals surface area contributed by atoms with Gasteiger partial charge in [-0.15, -0.1) is 0 Å². The molecular weight excluding hydrogens is 180 g/mol. The van der Waals surface area contributed by atoms with Gasteiger partial charge in [0.2, 0.25) is 0 Å². The van der Waals surface area contributed by atoms with Crippen LogP contribution in [0.5, 0.6) is 0 Å². The van der Waals surface area contributed by atoms with E-state index in [-0.39, 0.29) is 12.5 Å². The molecule has 0 rings (SSSR count). The van der Waals surface area contributed by atoms with Gasteiger partial charge in [0.05, 0.1) is 19.1 Å². The zero-order valence-corrected chi connectivity index (χ0v) is 9.51. The lowest BCUT2D eigenvalue weighted by atomic mass is 10.2. The number of aliphatic carboxylic acids is 1. The Labute approximate surface area is 86.3 Å². The van der Waals surface area contributed by atoms with Gasteiger partial charge in [0.15, 0.2) is 0 Å². The molecule has 0 heterocycles. The molecule has 0 fully saturated rings. The van der Waals surface area contributed by atoms with Crippen molar-refractivity contribution in [3.8, 4) is 0 Å². The van der Waals surface area contributed by atoms with Crippen LogP contribution in [0.15, 0.2) is 0 Å². The van der Waals surface area contributed by atoms with Crippen molar-refractivity contribution in [1.82, 2.24) is 0 Å². The molecule has 0 spiro atoms. The third kappa shape index (κ3) is 6.86. The third-order valence-corrected chi connectivity index (χ3v) is 2.56. The highest BCUT2D eigenvalue weighted by Crippen LogP contribution is 1.79. The molecule has 0 saturated heterocycles. The number of likely N-dealkylation sites (N-methyl/N-ethyl adjacent to an activating group) is 1. The van der Waals surface area contributed by atoms with Crippen molar-refractivity contribution in [2.24, 2.45) is 0 Å². The van der Waals surface area contributed by atoms with Crippen molar-refractivity contribution >= 4 is 5.97 Å². The van der Waals surface area contributed by atoms with E-state index in [9.17, 15) is 9.90 Å². The highest BCUT2D eigenvalue weighted by Gasteiger charge is 2.07. The maximum Gasteiger partial charge on any atom is 0.127 e. The van der Waals surface area contributed by atoms with Crippen LogP contribution in [-0.4, -0.2) is 38.2 Å². The molecule has 3 N–H and O–H groups in total. The molecule has 0 aliphatic heterocycles. The van der Waals surface area contributed by atoms with E-state index in [4.69, 9.17) is 0 Å². The molecule has 0 aromatic carbocycles. The van der Waals surface area contributed by atoms with Crippen LogP contribution in [0, 0.1) is 0 Å². The number of quaternary nitrogens is 2. The minimum Gasteiger partial charge on any atom is -0.550 e. The molecule has 0 aliphatic rings. The van der Waals surface area contributed by atoms with Gasteiger partial charge in [-0.2, -0.15) is 0 Å². The quantitative estimate of drug-likeness (QED) is 0.442. The van der Waals surface area contributed by atoms with Crippen molar-refractivity contribution in [2.75, 3.05) is 26.2 Å². The molecule has 84 valence electrons. The Bertz CT molecular complexity index is 158. The Morgan fingerprint density at radius 1 is 1.43 bits per heavy atom. The highest BCUT2D eigenvalue weighted by atomic mass is 16.4. The van der Waals surface area contributed by atoms with Crippen LogP contribution < -0.4 is 15.3 Å². The van der Waals surface area contributed by atoms with Crippen LogP contribution in [-0.2, 0) is 4.79 Å². The molecule has 0 aliphatic carbocycles. The summed E-state index contributed by atoms with van der Waals surface area (Å²) in [7, 11) is 0. The van der Waals surface area contributed by atoms with E-state index >= 15 is 0 Å². The van der Waals surface area contributed by atoms with Crippen molar-refractivity contribution < 1.29 is 20.1 Å². The molecule has 0 amide bonds. The summed E-state index contributed by atoms with van der Waals surface area (Å²) in [6.07, 6.45) is 0.146. The van der Waals surface area contributed by atoms with Crippen LogP contribution in [0.1, 0.15) is 27.2 Å². The summed E-state index contributed by atoms with van der Waals surface area (Å²) in [4.78, 5) is 11.8. The zero-order valence-electron chi connectivity index (χ0n) is 9.51. The average molecular weight is 203 g/mol. The van der Waals surface area contributed by atoms with Gasteiger partial charge in [-0.05, 0) is 20.8 Å². The lowest BCUT2D eigenvalue weighted by Gasteiger charge is -2.16. The highest BCUT2D eigenvalue weighted by molar-refractivity contribution is 5.64. The number of rotatable bonds is 8. The molecule has 0 bridgehead atoms. The molecule has 14 heavy (non-hydrogen) atoms. The fraction of sp³-hybridized carbons (Fsp3) is 0.900. The summed E-state index contributed by atoms with van der Waals surface area (Å²) in [6.45, 7) is 10.6. The minimum absolute atomic E-state index is 0.134. The normalized spacial score (nSPS) is 13.1. The second kappa shape index (κ2) is 7.76. The molecule has 0 saturated carbocycles. The van der Waals surface area contributed by atoms with Crippen molar-refractivity contribution in [1.29, 1.82) is 0 Å². The minimum atomic E-state index is -0.955. The van der Waals surface area contributed by atoms with Crippen molar-refractivity contribution in [2.45, 2.75) is 33.2 Å². The van der Waals surface area contributed by atoms with Gasteiger partial charge in [0.1, 0.15) is 13.1 Å². The van der Waals surface area contributed by atoms with Crippen LogP contribution >= 0.6 is 0 Å². The van der Waals surface area contributed by atoms with Crippen LogP contribution in [0.25, 0.3) is 0 Å². The first-order chi connectivity index (χ1) is 6.60. The predicted molar refractivity (Wildman–Crippen MR) is 52.8 cm³/mol. The Morgan fingerprint density at radius 2 is 2.00 bits per heavy atom. The van der Waals surface area contributed by atoms with E-state index in [1.807, 2.05) is 6.92 Å². The lowest BCUT2D eigenvalue weighted by molar-refractivity contribution is -0.910. The van der Waals surface area contributed by atoms with Crippen molar-refractivity contribution in [3.63, 3.8) is 0 Å². The Kier molecular flexibility index (Phi) is 7.42. The topological polar surface area (TPSA) is 61.2 Å². The molecule has 0 aromatic heterocycles. The molecule has 4 heteroatoms.